The molecule has 112 valence electrons. The lowest BCUT2D eigenvalue weighted by Crippen LogP contribution is -2.44. The van der Waals surface area contributed by atoms with Crippen LogP contribution < -0.4 is 10.2 Å². The average molecular weight is 307 g/mol. The molecule has 4 nitrogen and oxygen atoms in total. The fourth-order valence-electron chi connectivity index (χ4n) is 3.21. The number of halogens is 1. The molecule has 0 aromatic heterocycles. The fraction of sp³-hybridized carbons (Fsp3) is 0.500. The molecule has 3 rings (SSSR count). The average Bonchev–Trinajstić information content (AvgIpc) is 2.47. The summed E-state index contributed by atoms with van der Waals surface area (Å²) in [7, 11) is 0. The van der Waals surface area contributed by atoms with Crippen molar-refractivity contribution in [1.29, 1.82) is 0 Å². The van der Waals surface area contributed by atoms with Gasteiger partial charge in [-0.05, 0) is 37.3 Å². The first kappa shape index (κ1) is 14.4. The van der Waals surface area contributed by atoms with Gasteiger partial charge in [0.15, 0.2) is 0 Å². The van der Waals surface area contributed by atoms with Gasteiger partial charge in [0.2, 0.25) is 11.8 Å². The van der Waals surface area contributed by atoms with Crippen molar-refractivity contribution in [2.75, 3.05) is 11.4 Å². The van der Waals surface area contributed by atoms with Crippen molar-refractivity contribution < 1.29 is 9.59 Å². The van der Waals surface area contributed by atoms with Crippen LogP contribution in [0.2, 0.25) is 5.02 Å². The minimum Gasteiger partial charge on any atom is -0.353 e. The Morgan fingerprint density at radius 3 is 3.00 bits per heavy atom. The van der Waals surface area contributed by atoms with Crippen LogP contribution in [0, 0.1) is 0 Å². The van der Waals surface area contributed by atoms with Gasteiger partial charge < -0.3 is 10.2 Å². The van der Waals surface area contributed by atoms with Gasteiger partial charge in [0, 0.05) is 25.4 Å². The van der Waals surface area contributed by atoms with Crippen molar-refractivity contribution in [1.82, 2.24) is 5.32 Å². The lowest BCUT2D eigenvalue weighted by molar-refractivity contribution is -0.124. The normalized spacial score (nSPS) is 21.7. The molecule has 21 heavy (non-hydrogen) atoms. The molecule has 0 spiro atoms. The maximum absolute atomic E-state index is 12.6. The molecular weight excluding hydrogens is 288 g/mol. The van der Waals surface area contributed by atoms with Crippen LogP contribution >= 0.6 is 11.6 Å². The topological polar surface area (TPSA) is 49.4 Å². The Morgan fingerprint density at radius 2 is 2.19 bits per heavy atom. The number of hydrogen-bond donors (Lipinski definition) is 1. The summed E-state index contributed by atoms with van der Waals surface area (Å²) in [4.78, 5) is 25.8. The van der Waals surface area contributed by atoms with Crippen LogP contribution in [0.5, 0.6) is 0 Å². The van der Waals surface area contributed by atoms with E-state index < -0.39 is 0 Å². The van der Waals surface area contributed by atoms with Crippen molar-refractivity contribution in [3.63, 3.8) is 0 Å². The zero-order valence-electron chi connectivity index (χ0n) is 11.9. The summed E-state index contributed by atoms with van der Waals surface area (Å²) < 4.78 is 0. The quantitative estimate of drug-likeness (QED) is 0.913. The monoisotopic (exact) mass is 306 g/mol. The molecule has 1 aromatic carbocycles. The second-order valence-electron chi connectivity index (χ2n) is 5.76. The van der Waals surface area contributed by atoms with E-state index >= 15 is 0 Å². The lowest BCUT2D eigenvalue weighted by Gasteiger charge is -2.32. The van der Waals surface area contributed by atoms with Gasteiger partial charge in [-0.1, -0.05) is 23.7 Å². The zero-order chi connectivity index (χ0) is 14.8. The van der Waals surface area contributed by atoms with Crippen LogP contribution in [0.3, 0.4) is 0 Å². The number of nitrogens with zero attached hydrogens (tertiary/aromatic N) is 1. The van der Waals surface area contributed by atoms with Crippen molar-refractivity contribution >= 4 is 29.1 Å². The third-order valence-corrected chi connectivity index (χ3v) is 4.52. The molecule has 0 saturated carbocycles. The van der Waals surface area contributed by atoms with E-state index in [-0.39, 0.29) is 17.9 Å². The molecule has 5 heteroatoms. The van der Waals surface area contributed by atoms with Crippen LogP contribution in [-0.4, -0.2) is 24.4 Å². The molecule has 1 atom stereocenters. The van der Waals surface area contributed by atoms with E-state index in [9.17, 15) is 9.59 Å². The standard InChI is InChI=1S/C16H19ClN2O2/c17-13-7-1-4-11-5-3-9-19(16(11)13)15(21)10-12-6-2-8-14(20)18-12/h1,4,7,12H,2-3,5-6,8-10H2,(H,18,20). The van der Waals surface area contributed by atoms with Crippen molar-refractivity contribution in [3.05, 3.63) is 28.8 Å². The summed E-state index contributed by atoms with van der Waals surface area (Å²) in [5.74, 6) is 0.104. The summed E-state index contributed by atoms with van der Waals surface area (Å²) in [5, 5.41) is 3.54. The maximum atomic E-state index is 12.6. The number of carbonyl (C=O) groups is 2. The Kier molecular flexibility index (Phi) is 4.15. The Bertz CT molecular complexity index is 573. The third kappa shape index (κ3) is 3.05. The van der Waals surface area contributed by atoms with Crippen molar-refractivity contribution in [2.24, 2.45) is 0 Å². The minimum atomic E-state index is -0.0355. The number of rotatable bonds is 2. The van der Waals surface area contributed by atoms with Gasteiger partial charge in [-0.15, -0.1) is 0 Å². The number of para-hydroxylation sites is 1. The predicted molar refractivity (Wildman–Crippen MR) is 82.5 cm³/mol. The second-order valence-corrected chi connectivity index (χ2v) is 6.16. The van der Waals surface area contributed by atoms with E-state index in [1.807, 2.05) is 18.2 Å². The molecule has 0 aliphatic carbocycles. The second kappa shape index (κ2) is 6.06. The summed E-state index contributed by atoms with van der Waals surface area (Å²) in [6.07, 6.45) is 4.58. The molecule has 2 aliphatic heterocycles. The van der Waals surface area contributed by atoms with Gasteiger partial charge in [0.25, 0.3) is 0 Å². The van der Waals surface area contributed by atoms with Crippen molar-refractivity contribution in [3.8, 4) is 0 Å². The number of fused-ring (bicyclic) bond motifs is 1. The number of anilines is 1. The Hall–Kier alpha value is -1.55. The van der Waals surface area contributed by atoms with Crippen LogP contribution in [0.15, 0.2) is 18.2 Å². The molecule has 2 amide bonds. The highest BCUT2D eigenvalue weighted by molar-refractivity contribution is 6.34. The smallest absolute Gasteiger partial charge is 0.229 e. The first-order valence-corrected chi connectivity index (χ1v) is 7.90. The highest BCUT2D eigenvalue weighted by atomic mass is 35.5. The maximum Gasteiger partial charge on any atom is 0.229 e. The third-order valence-electron chi connectivity index (χ3n) is 4.21. The first-order chi connectivity index (χ1) is 10.1. The van der Waals surface area contributed by atoms with Gasteiger partial charge >= 0.3 is 0 Å². The summed E-state index contributed by atoms with van der Waals surface area (Å²) >= 11 is 6.28. The first-order valence-electron chi connectivity index (χ1n) is 7.52. The molecule has 1 aromatic rings. The van der Waals surface area contributed by atoms with Crippen molar-refractivity contribution in [2.45, 2.75) is 44.6 Å². The Morgan fingerprint density at radius 1 is 1.33 bits per heavy atom. The SMILES string of the molecule is O=C1CCCC(CC(=O)N2CCCc3cccc(Cl)c32)N1. The molecule has 1 unspecified atom stereocenters. The van der Waals surface area contributed by atoms with Gasteiger partial charge in [-0.2, -0.15) is 0 Å². The lowest BCUT2D eigenvalue weighted by atomic mass is 9.98. The highest BCUT2D eigenvalue weighted by Crippen LogP contribution is 2.34. The van der Waals surface area contributed by atoms with E-state index in [1.54, 1.807) is 4.90 Å². The number of amides is 2. The summed E-state index contributed by atoms with van der Waals surface area (Å²) in [6.45, 7) is 0.705. The minimum absolute atomic E-state index is 0.0355. The number of hydrogen-bond acceptors (Lipinski definition) is 2. The number of carbonyl (C=O) groups excluding carboxylic acids is 2. The largest absolute Gasteiger partial charge is 0.353 e. The van der Waals surface area contributed by atoms with Gasteiger partial charge in [0.05, 0.1) is 10.7 Å². The Labute approximate surface area is 129 Å². The molecule has 0 radical (unpaired) electrons. The van der Waals surface area contributed by atoms with Gasteiger partial charge in [-0.3, -0.25) is 9.59 Å². The molecular formula is C16H19ClN2O2. The van der Waals surface area contributed by atoms with Crippen LogP contribution in [-0.2, 0) is 16.0 Å². The number of nitrogens with one attached hydrogen (secondary N) is 1. The van der Waals surface area contributed by atoms with E-state index in [0.717, 1.165) is 36.9 Å². The van der Waals surface area contributed by atoms with E-state index in [2.05, 4.69) is 5.32 Å². The molecule has 1 saturated heterocycles. The van der Waals surface area contributed by atoms with E-state index in [0.29, 0.717) is 24.4 Å². The summed E-state index contributed by atoms with van der Waals surface area (Å²) in [5.41, 5.74) is 1.99. The Balaban J connectivity index is 1.76. The predicted octanol–water partition coefficient (Wildman–Crippen LogP) is 2.68. The zero-order valence-corrected chi connectivity index (χ0v) is 12.7. The molecule has 1 N–H and O–H groups in total. The number of aryl methyl sites for hydroxylation is 1. The molecule has 2 heterocycles. The van der Waals surface area contributed by atoms with Crippen LogP contribution in [0.25, 0.3) is 0 Å². The molecule has 0 bridgehead atoms. The molecule has 2 aliphatic rings. The van der Waals surface area contributed by atoms with Crippen LogP contribution in [0.1, 0.15) is 37.7 Å². The summed E-state index contributed by atoms with van der Waals surface area (Å²) in [6, 6.07) is 5.75. The van der Waals surface area contributed by atoms with E-state index in [1.165, 1.54) is 0 Å². The number of benzene rings is 1. The molecule has 1 fully saturated rings. The van der Waals surface area contributed by atoms with Gasteiger partial charge in [-0.25, -0.2) is 0 Å². The fourth-order valence-corrected chi connectivity index (χ4v) is 3.50. The highest BCUT2D eigenvalue weighted by Gasteiger charge is 2.28. The van der Waals surface area contributed by atoms with E-state index in [4.69, 9.17) is 11.6 Å². The number of piperidine rings is 1. The van der Waals surface area contributed by atoms with Gasteiger partial charge in [0.1, 0.15) is 0 Å². The van der Waals surface area contributed by atoms with Crippen LogP contribution in [0.4, 0.5) is 5.69 Å².